The quantitative estimate of drug-likeness (QED) is 0.563. The fraction of sp³-hybridized carbons (Fsp3) is 0.222. The Morgan fingerprint density at radius 3 is 2.59 bits per heavy atom. The van der Waals surface area contributed by atoms with Crippen molar-refractivity contribution in [2.75, 3.05) is 23.9 Å². The second-order valence-electron chi connectivity index (χ2n) is 8.27. The van der Waals surface area contributed by atoms with Crippen molar-refractivity contribution in [1.82, 2.24) is 5.32 Å². The summed E-state index contributed by atoms with van der Waals surface area (Å²) in [5, 5.41) is 5.74. The highest BCUT2D eigenvalue weighted by molar-refractivity contribution is 6.07. The molecule has 174 valence electrons. The third-order valence-corrected chi connectivity index (χ3v) is 5.87. The van der Waals surface area contributed by atoms with E-state index in [0.29, 0.717) is 23.5 Å². The van der Waals surface area contributed by atoms with E-state index in [-0.39, 0.29) is 30.7 Å². The molecule has 3 aromatic carbocycles. The minimum absolute atomic E-state index is 0.0893. The largest absolute Gasteiger partial charge is 0.496 e. The molecule has 3 aromatic rings. The van der Waals surface area contributed by atoms with Gasteiger partial charge < -0.3 is 20.3 Å². The van der Waals surface area contributed by atoms with Gasteiger partial charge in [-0.25, -0.2) is 0 Å². The normalized spacial score (nSPS) is 15.2. The molecular formula is C27H27N3O4. The lowest BCUT2D eigenvalue weighted by Crippen LogP contribution is -2.29. The van der Waals surface area contributed by atoms with Crippen molar-refractivity contribution < 1.29 is 19.1 Å². The fourth-order valence-electron chi connectivity index (χ4n) is 4.07. The lowest BCUT2D eigenvalue weighted by molar-refractivity contribution is -0.122. The van der Waals surface area contributed by atoms with Crippen molar-refractivity contribution >= 4 is 29.1 Å². The molecular weight excluding hydrogens is 430 g/mol. The van der Waals surface area contributed by atoms with Gasteiger partial charge in [-0.15, -0.1) is 0 Å². The van der Waals surface area contributed by atoms with Gasteiger partial charge in [0.25, 0.3) is 5.91 Å². The van der Waals surface area contributed by atoms with Crippen molar-refractivity contribution in [3.05, 3.63) is 89.5 Å². The van der Waals surface area contributed by atoms with Crippen LogP contribution in [0.1, 0.15) is 27.9 Å². The standard InChI is InChI=1S/C27H27N3O4/c1-18-8-7-10-21(14-18)30-17-20(15-25(30)31)26(32)29-23-12-5-4-11-22(23)27(33)28-16-19-9-3-6-13-24(19)34-2/h3-14,20H,15-17H2,1-2H3,(H,28,33)(H,29,32)/t20-/m0/s1. The van der Waals surface area contributed by atoms with Crippen LogP contribution in [0.5, 0.6) is 5.75 Å². The molecule has 0 bridgehead atoms. The van der Waals surface area contributed by atoms with E-state index in [4.69, 9.17) is 4.74 Å². The Morgan fingerprint density at radius 1 is 1.03 bits per heavy atom. The van der Waals surface area contributed by atoms with E-state index < -0.39 is 5.92 Å². The van der Waals surface area contributed by atoms with Crippen molar-refractivity contribution in [1.29, 1.82) is 0 Å². The molecule has 3 amide bonds. The number of amides is 3. The zero-order valence-electron chi connectivity index (χ0n) is 19.2. The number of anilines is 2. The third kappa shape index (κ3) is 5.09. The summed E-state index contributed by atoms with van der Waals surface area (Å²) < 4.78 is 5.33. The van der Waals surface area contributed by atoms with E-state index in [1.54, 1.807) is 36.3 Å². The first kappa shape index (κ1) is 23.0. The van der Waals surface area contributed by atoms with Gasteiger partial charge in [0.15, 0.2) is 0 Å². The number of benzene rings is 3. The highest BCUT2D eigenvalue weighted by Crippen LogP contribution is 2.27. The number of ether oxygens (including phenoxy) is 1. The molecule has 1 fully saturated rings. The maximum Gasteiger partial charge on any atom is 0.253 e. The molecule has 34 heavy (non-hydrogen) atoms. The first-order valence-corrected chi connectivity index (χ1v) is 11.1. The average molecular weight is 458 g/mol. The Labute approximate surface area is 198 Å². The average Bonchev–Trinajstić information content (AvgIpc) is 3.25. The van der Waals surface area contributed by atoms with Gasteiger partial charge in [0.05, 0.1) is 24.3 Å². The SMILES string of the molecule is COc1ccccc1CNC(=O)c1ccccc1NC(=O)[C@H]1CC(=O)N(c2cccc(C)c2)C1. The molecule has 1 heterocycles. The molecule has 0 aliphatic carbocycles. The molecule has 0 radical (unpaired) electrons. The van der Waals surface area contributed by atoms with E-state index in [1.165, 1.54) is 0 Å². The Morgan fingerprint density at radius 2 is 1.79 bits per heavy atom. The lowest BCUT2D eigenvalue weighted by atomic mass is 10.1. The van der Waals surface area contributed by atoms with E-state index >= 15 is 0 Å². The first-order chi connectivity index (χ1) is 16.5. The highest BCUT2D eigenvalue weighted by Gasteiger charge is 2.35. The maximum absolute atomic E-state index is 13.0. The van der Waals surface area contributed by atoms with Gasteiger partial charge in [-0.1, -0.05) is 42.5 Å². The van der Waals surface area contributed by atoms with E-state index in [9.17, 15) is 14.4 Å². The molecule has 7 nitrogen and oxygen atoms in total. The van der Waals surface area contributed by atoms with Crippen LogP contribution in [-0.4, -0.2) is 31.4 Å². The number of methoxy groups -OCH3 is 1. The minimum atomic E-state index is -0.502. The summed E-state index contributed by atoms with van der Waals surface area (Å²) >= 11 is 0. The van der Waals surface area contributed by atoms with Gasteiger partial charge >= 0.3 is 0 Å². The summed E-state index contributed by atoms with van der Waals surface area (Å²) in [7, 11) is 1.58. The summed E-state index contributed by atoms with van der Waals surface area (Å²) in [6.07, 6.45) is 0.127. The summed E-state index contributed by atoms with van der Waals surface area (Å²) in [6, 6.07) is 21.9. The minimum Gasteiger partial charge on any atom is -0.496 e. The Hall–Kier alpha value is -4.13. The number of aryl methyl sites for hydroxylation is 1. The molecule has 2 N–H and O–H groups in total. The van der Waals surface area contributed by atoms with E-state index in [2.05, 4.69) is 10.6 Å². The number of rotatable bonds is 7. The van der Waals surface area contributed by atoms with Crippen molar-refractivity contribution in [2.45, 2.75) is 19.9 Å². The summed E-state index contributed by atoms with van der Waals surface area (Å²) in [4.78, 5) is 40.1. The summed E-state index contributed by atoms with van der Waals surface area (Å²) in [5.74, 6) is -0.501. The molecule has 0 aromatic heterocycles. The molecule has 1 saturated heterocycles. The summed E-state index contributed by atoms with van der Waals surface area (Å²) in [6.45, 7) is 2.55. The van der Waals surface area contributed by atoms with Gasteiger partial charge in [-0.3, -0.25) is 14.4 Å². The number of hydrogen-bond donors (Lipinski definition) is 2. The number of carbonyl (C=O) groups excluding carboxylic acids is 3. The topological polar surface area (TPSA) is 87.7 Å². The van der Waals surface area contributed by atoms with Crippen molar-refractivity contribution in [3.63, 3.8) is 0 Å². The second-order valence-corrected chi connectivity index (χ2v) is 8.27. The predicted molar refractivity (Wildman–Crippen MR) is 131 cm³/mol. The van der Waals surface area contributed by atoms with Gasteiger partial charge in [0, 0.05) is 30.8 Å². The molecule has 1 atom stereocenters. The zero-order chi connectivity index (χ0) is 24.1. The highest BCUT2D eigenvalue weighted by atomic mass is 16.5. The van der Waals surface area contributed by atoms with E-state index in [0.717, 1.165) is 16.8 Å². The first-order valence-electron chi connectivity index (χ1n) is 11.1. The molecule has 7 heteroatoms. The number of hydrogen-bond acceptors (Lipinski definition) is 4. The van der Waals surface area contributed by atoms with Crippen LogP contribution in [0.15, 0.2) is 72.8 Å². The maximum atomic E-state index is 13.0. The van der Waals surface area contributed by atoms with Crippen LogP contribution in [0, 0.1) is 12.8 Å². The van der Waals surface area contributed by atoms with Crippen LogP contribution in [0.25, 0.3) is 0 Å². The Balaban J connectivity index is 1.43. The molecule has 1 aliphatic rings. The third-order valence-electron chi connectivity index (χ3n) is 5.87. The monoisotopic (exact) mass is 457 g/mol. The fourth-order valence-corrected chi connectivity index (χ4v) is 4.07. The number of nitrogens with one attached hydrogen (secondary N) is 2. The van der Waals surface area contributed by atoms with Gasteiger partial charge in [0.1, 0.15) is 5.75 Å². The molecule has 0 saturated carbocycles. The number of carbonyl (C=O) groups is 3. The lowest BCUT2D eigenvalue weighted by Gasteiger charge is -2.18. The predicted octanol–water partition coefficient (Wildman–Crippen LogP) is 3.93. The molecule has 4 rings (SSSR count). The van der Waals surface area contributed by atoms with Gasteiger partial charge in [-0.05, 0) is 42.8 Å². The Kier molecular flexibility index (Phi) is 6.92. The molecule has 0 spiro atoms. The van der Waals surface area contributed by atoms with Crippen molar-refractivity contribution in [3.8, 4) is 5.75 Å². The summed E-state index contributed by atoms with van der Waals surface area (Å²) in [5.41, 5.74) is 3.44. The Bertz CT molecular complexity index is 1220. The number of nitrogens with zero attached hydrogens (tertiary/aromatic N) is 1. The van der Waals surface area contributed by atoms with Crippen molar-refractivity contribution in [2.24, 2.45) is 5.92 Å². The van der Waals surface area contributed by atoms with Gasteiger partial charge in [0.2, 0.25) is 11.8 Å². The van der Waals surface area contributed by atoms with Crippen LogP contribution in [0.2, 0.25) is 0 Å². The molecule has 1 aliphatic heterocycles. The smallest absolute Gasteiger partial charge is 0.253 e. The van der Waals surface area contributed by atoms with Crippen LogP contribution in [-0.2, 0) is 16.1 Å². The van der Waals surface area contributed by atoms with Crippen LogP contribution >= 0.6 is 0 Å². The van der Waals surface area contributed by atoms with Gasteiger partial charge in [-0.2, -0.15) is 0 Å². The second kappa shape index (κ2) is 10.2. The van der Waals surface area contributed by atoms with Crippen LogP contribution in [0.4, 0.5) is 11.4 Å². The molecule has 0 unspecified atom stereocenters. The van der Waals surface area contributed by atoms with Crippen LogP contribution in [0.3, 0.4) is 0 Å². The zero-order valence-corrected chi connectivity index (χ0v) is 19.2. The van der Waals surface area contributed by atoms with Crippen LogP contribution < -0.4 is 20.3 Å². The number of para-hydroxylation sites is 2. The van der Waals surface area contributed by atoms with E-state index in [1.807, 2.05) is 55.5 Å².